The van der Waals surface area contributed by atoms with Crippen molar-refractivity contribution in [2.45, 2.75) is 25.3 Å². The maximum absolute atomic E-state index is 3.42. The maximum atomic E-state index is 3.42. The van der Waals surface area contributed by atoms with E-state index in [0.717, 1.165) is 6.54 Å². The van der Waals surface area contributed by atoms with Crippen molar-refractivity contribution < 1.29 is 0 Å². The second-order valence-corrected chi connectivity index (χ2v) is 3.40. The highest BCUT2D eigenvalue weighted by molar-refractivity contribution is 4.70. The first-order valence-electron chi connectivity index (χ1n) is 4.43. The van der Waals surface area contributed by atoms with Crippen LogP contribution in [0.3, 0.4) is 0 Å². The molecule has 0 spiro atoms. The third-order valence-electron chi connectivity index (χ3n) is 2.02. The van der Waals surface area contributed by atoms with E-state index >= 15 is 0 Å². The fourth-order valence-electron chi connectivity index (χ4n) is 1.51. The molecule has 1 atom stereocenters. The molecule has 0 aromatic heterocycles. The highest BCUT2D eigenvalue weighted by Gasteiger charge is 2.10. The van der Waals surface area contributed by atoms with E-state index in [4.69, 9.17) is 0 Å². The van der Waals surface area contributed by atoms with Crippen molar-refractivity contribution in [1.82, 2.24) is 15.8 Å². The molecule has 0 aromatic rings. The minimum absolute atomic E-state index is 0.681. The van der Waals surface area contributed by atoms with Gasteiger partial charge in [0.1, 0.15) is 0 Å². The number of nitrogens with one attached hydrogen (secondary N) is 2. The molecule has 0 aromatic carbocycles. The summed E-state index contributed by atoms with van der Waals surface area (Å²) in [5, 5.41) is 5.44. The van der Waals surface area contributed by atoms with Crippen molar-refractivity contribution in [3.05, 3.63) is 0 Å². The lowest BCUT2D eigenvalue weighted by atomic mass is 10.1. The summed E-state index contributed by atoms with van der Waals surface area (Å²) in [7, 11) is 4.11. The van der Waals surface area contributed by atoms with Gasteiger partial charge in [0, 0.05) is 20.1 Å². The van der Waals surface area contributed by atoms with Crippen molar-refractivity contribution in [2.24, 2.45) is 0 Å². The van der Waals surface area contributed by atoms with Gasteiger partial charge in [-0.05, 0) is 32.4 Å². The lowest BCUT2D eigenvalue weighted by molar-refractivity contribution is 0.230. The average Bonchev–Trinajstić information content (AvgIpc) is 2.14. The summed E-state index contributed by atoms with van der Waals surface area (Å²) >= 11 is 0. The summed E-state index contributed by atoms with van der Waals surface area (Å²) in [5.41, 5.74) is 3.42. The Hall–Kier alpha value is -0.120. The number of hydrazine groups is 1. The van der Waals surface area contributed by atoms with Crippen LogP contribution in [0.15, 0.2) is 0 Å². The van der Waals surface area contributed by atoms with Crippen LogP contribution in [0, 0.1) is 0 Å². The minimum Gasteiger partial charge on any atom is -0.317 e. The van der Waals surface area contributed by atoms with E-state index in [-0.39, 0.29) is 0 Å². The molecule has 66 valence electrons. The highest BCUT2D eigenvalue weighted by atomic mass is 15.5. The number of nitrogens with zero attached hydrogens (tertiary/aromatic N) is 1. The van der Waals surface area contributed by atoms with Crippen LogP contribution in [-0.4, -0.2) is 38.2 Å². The Morgan fingerprint density at radius 2 is 2.09 bits per heavy atom. The van der Waals surface area contributed by atoms with Gasteiger partial charge < -0.3 is 5.32 Å². The van der Waals surface area contributed by atoms with Crippen molar-refractivity contribution >= 4 is 0 Å². The number of hydrogen-bond acceptors (Lipinski definition) is 3. The molecule has 1 heterocycles. The molecule has 0 bridgehead atoms. The number of rotatable bonds is 2. The monoisotopic (exact) mass is 157 g/mol. The van der Waals surface area contributed by atoms with E-state index in [9.17, 15) is 0 Å². The Morgan fingerprint density at radius 1 is 1.27 bits per heavy atom. The zero-order chi connectivity index (χ0) is 8.10. The third kappa shape index (κ3) is 3.70. The first-order valence-corrected chi connectivity index (χ1v) is 4.43. The maximum Gasteiger partial charge on any atom is 0.0227 e. The molecule has 11 heavy (non-hydrogen) atoms. The molecule has 0 aliphatic carbocycles. The van der Waals surface area contributed by atoms with Gasteiger partial charge in [-0.2, -0.15) is 0 Å². The van der Waals surface area contributed by atoms with Crippen LogP contribution < -0.4 is 10.7 Å². The molecule has 0 saturated carbocycles. The van der Waals surface area contributed by atoms with E-state index in [2.05, 4.69) is 29.8 Å². The molecule has 1 unspecified atom stereocenters. The molecule has 3 heteroatoms. The average molecular weight is 157 g/mol. The zero-order valence-corrected chi connectivity index (χ0v) is 7.56. The van der Waals surface area contributed by atoms with E-state index in [0.29, 0.717) is 6.04 Å². The van der Waals surface area contributed by atoms with Gasteiger partial charge in [0.2, 0.25) is 0 Å². The molecule has 1 rings (SSSR count). The Morgan fingerprint density at radius 3 is 2.82 bits per heavy atom. The molecule has 1 aliphatic rings. The lowest BCUT2D eigenvalue weighted by Crippen LogP contribution is -2.40. The van der Waals surface area contributed by atoms with Gasteiger partial charge in [0.15, 0.2) is 0 Å². The Labute approximate surface area is 69.1 Å². The summed E-state index contributed by atoms with van der Waals surface area (Å²) < 4.78 is 0. The largest absolute Gasteiger partial charge is 0.317 e. The predicted molar refractivity (Wildman–Crippen MR) is 47.3 cm³/mol. The zero-order valence-electron chi connectivity index (χ0n) is 7.56. The van der Waals surface area contributed by atoms with Gasteiger partial charge in [-0.15, -0.1) is 0 Å². The van der Waals surface area contributed by atoms with Crippen LogP contribution >= 0.6 is 0 Å². The van der Waals surface area contributed by atoms with Crippen molar-refractivity contribution in [3.8, 4) is 0 Å². The standard InChI is InChI=1S/C8H19N3/c1-11(2)10-8-4-3-6-9-7-5-8/h8-10H,3-7H2,1-2H3. The number of hydrogen-bond donors (Lipinski definition) is 2. The quantitative estimate of drug-likeness (QED) is 0.561. The van der Waals surface area contributed by atoms with E-state index in [1.807, 2.05) is 0 Å². The molecule has 1 fully saturated rings. The van der Waals surface area contributed by atoms with Gasteiger partial charge in [-0.25, -0.2) is 0 Å². The van der Waals surface area contributed by atoms with E-state index < -0.39 is 0 Å². The minimum atomic E-state index is 0.681. The molecule has 0 amide bonds. The van der Waals surface area contributed by atoms with Crippen LogP contribution in [0.25, 0.3) is 0 Å². The summed E-state index contributed by atoms with van der Waals surface area (Å²) in [6.45, 7) is 2.34. The Balaban J connectivity index is 2.20. The fourth-order valence-corrected chi connectivity index (χ4v) is 1.51. The molecule has 1 aliphatic heterocycles. The van der Waals surface area contributed by atoms with Crippen LogP contribution in [0.1, 0.15) is 19.3 Å². The summed E-state index contributed by atoms with van der Waals surface area (Å²) in [6, 6.07) is 0.681. The highest BCUT2D eigenvalue weighted by Crippen LogP contribution is 2.04. The van der Waals surface area contributed by atoms with E-state index in [1.54, 1.807) is 0 Å². The summed E-state index contributed by atoms with van der Waals surface area (Å²) in [4.78, 5) is 0. The van der Waals surface area contributed by atoms with Crippen LogP contribution in [0.5, 0.6) is 0 Å². The second-order valence-electron chi connectivity index (χ2n) is 3.40. The second kappa shape index (κ2) is 4.70. The Kier molecular flexibility index (Phi) is 3.83. The molecular formula is C8H19N3. The van der Waals surface area contributed by atoms with Crippen LogP contribution in [0.2, 0.25) is 0 Å². The van der Waals surface area contributed by atoms with Gasteiger partial charge in [-0.1, -0.05) is 0 Å². The molecule has 0 radical (unpaired) electrons. The van der Waals surface area contributed by atoms with E-state index in [1.165, 1.54) is 25.8 Å². The van der Waals surface area contributed by atoms with Gasteiger partial charge in [0.05, 0.1) is 0 Å². The van der Waals surface area contributed by atoms with Crippen molar-refractivity contribution in [1.29, 1.82) is 0 Å². The molecule has 3 nitrogen and oxygen atoms in total. The molecule has 2 N–H and O–H groups in total. The van der Waals surface area contributed by atoms with Gasteiger partial charge >= 0.3 is 0 Å². The Bertz CT molecular complexity index is 95.5. The van der Waals surface area contributed by atoms with Crippen molar-refractivity contribution in [3.63, 3.8) is 0 Å². The van der Waals surface area contributed by atoms with Gasteiger partial charge in [0.25, 0.3) is 0 Å². The summed E-state index contributed by atoms with van der Waals surface area (Å²) in [5.74, 6) is 0. The fraction of sp³-hybridized carbons (Fsp3) is 1.00. The first kappa shape index (κ1) is 8.97. The van der Waals surface area contributed by atoms with Crippen molar-refractivity contribution in [2.75, 3.05) is 27.2 Å². The third-order valence-corrected chi connectivity index (χ3v) is 2.02. The lowest BCUT2D eigenvalue weighted by Gasteiger charge is -2.20. The normalized spacial score (nSPS) is 27.0. The van der Waals surface area contributed by atoms with Crippen LogP contribution in [0.4, 0.5) is 0 Å². The summed E-state index contributed by atoms with van der Waals surface area (Å²) in [6.07, 6.45) is 3.84. The molecule has 1 saturated heterocycles. The first-order chi connectivity index (χ1) is 5.29. The smallest absolute Gasteiger partial charge is 0.0227 e. The predicted octanol–water partition coefficient (Wildman–Crippen LogP) is 0.195. The molecular weight excluding hydrogens is 138 g/mol. The van der Waals surface area contributed by atoms with Gasteiger partial charge in [-0.3, -0.25) is 10.4 Å². The topological polar surface area (TPSA) is 27.3 Å². The SMILES string of the molecule is CN(C)NC1CCCNCC1. The van der Waals surface area contributed by atoms with Crippen LogP contribution in [-0.2, 0) is 0 Å².